The van der Waals surface area contributed by atoms with Crippen LogP contribution in [0.4, 0.5) is 31.5 Å². The standard InChI is InChI=1S/C33H24F2N10O8S2/c34-20-6-4-8-22(16-20)40-30(36-38-32(40)54-28-14-12-24(42(46)47)18-26(28)44(50)51)10-2-1-3-11-31-37-39-33(41(31)23-9-5-7-21(35)17-23)55-29-15-13-25(43(48)49)19-27(29)45(52)53/h4-9,12-19H,1-3,10-11H2. The maximum Gasteiger partial charge on any atom is 0.290 e. The molecule has 0 unspecified atom stereocenters. The van der Waals surface area contributed by atoms with Crippen LogP contribution in [0, 0.1) is 52.1 Å². The molecule has 0 aliphatic heterocycles. The normalized spacial score (nSPS) is 11.1. The molecular formula is C33H24F2N10O8S2. The van der Waals surface area contributed by atoms with Gasteiger partial charge >= 0.3 is 0 Å². The third-order valence-electron chi connectivity index (χ3n) is 7.94. The lowest BCUT2D eigenvalue weighted by Crippen LogP contribution is -2.05. The summed E-state index contributed by atoms with van der Waals surface area (Å²) in [7, 11) is 0. The van der Waals surface area contributed by atoms with Gasteiger partial charge < -0.3 is 0 Å². The highest BCUT2D eigenvalue weighted by molar-refractivity contribution is 7.99. The van der Waals surface area contributed by atoms with Gasteiger partial charge in [0.05, 0.1) is 53.0 Å². The summed E-state index contributed by atoms with van der Waals surface area (Å²) < 4.78 is 31.8. The van der Waals surface area contributed by atoms with Crippen molar-refractivity contribution in [2.45, 2.75) is 52.2 Å². The van der Waals surface area contributed by atoms with E-state index in [0.29, 0.717) is 55.1 Å². The number of nitrogens with zero attached hydrogens (tertiary/aromatic N) is 10. The van der Waals surface area contributed by atoms with E-state index >= 15 is 0 Å². The lowest BCUT2D eigenvalue weighted by Gasteiger charge is -2.11. The Kier molecular flexibility index (Phi) is 11.5. The second-order valence-electron chi connectivity index (χ2n) is 11.5. The molecule has 0 radical (unpaired) electrons. The van der Waals surface area contributed by atoms with Crippen molar-refractivity contribution in [1.29, 1.82) is 0 Å². The van der Waals surface area contributed by atoms with Crippen LogP contribution in [-0.2, 0) is 12.8 Å². The molecule has 6 rings (SSSR count). The summed E-state index contributed by atoms with van der Waals surface area (Å²) in [5.41, 5.74) is -1.22. The van der Waals surface area contributed by atoms with Gasteiger partial charge in [0.1, 0.15) is 23.3 Å². The first kappa shape index (κ1) is 38.1. The Morgan fingerprint density at radius 1 is 0.527 bits per heavy atom. The lowest BCUT2D eigenvalue weighted by atomic mass is 10.1. The molecule has 2 heterocycles. The van der Waals surface area contributed by atoms with E-state index in [1.54, 1.807) is 21.3 Å². The van der Waals surface area contributed by atoms with Crippen LogP contribution in [0.15, 0.2) is 105 Å². The van der Waals surface area contributed by atoms with Crippen molar-refractivity contribution in [3.05, 3.63) is 149 Å². The zero-order valence-electron chi connectivity index (χ0n) is 27.9. The summed E-state index contributed by atoms with van der Waals surface area (Å²) in [6.45, 7) is 0. The Morgan fingerprint density at radius 3 is 1.31 bits per heavy atom. The maximum absolute atomic E-state index is 14.4. The van der Waals surface area contributed by atoms with Gasteiger partial charge in [0.2, 0.25) is 10.3 Å². The Morgan fingerprint density at radius 2 is 0.945 bits per heavy atom. The molecule has 4 aromatic carbocycles. The number of nitro groups is 4. The zero-order chi connectivity index (χ0) is 39.2. The molecule has 0 atom stereocenters. The second-order valence-corrected chi connectivity index (χ2v) is 13.5. The predicted molar refractivity (Wildman–Crippen MR) is 192 cm³/mol. The summed E-state index contributed by atoms with van der Waals surface area (Å²) in [6.07, 6.45) is 2.36. The summed E-state index contributed by atoms with van der Waals surface area (Å²) in [5, 5.41) is 63.3. The number of rotatable bonds is 16. The molecule has 0 aliphatic carbocycles. The minimum absolute atomic E-state index is 0.0651. The highest BCUT2D eigenvalue weighted by atomic mass is 32.2. The number of aryl methyl sites for hydroxylation is 2. The molecular weight excluding hydrogens is 767 g/mol. The summed E-state index contributed by atoms with van der Waals surface area (Å²) in [4.78, 5) is 43.2. The molecule has 2 aromatic heterocycles. The van der Waals surface area contributed by atoms with Crippen LogP contribution in [0.1, 0.15) is 30.9 Å². The van der Waals surface area contributed by atoms with Crippen LogP contribution < -0.4 is 0 Å². The van der Waals surface area contributed by atoms with Gasteiger partial charge in [0.15, 0.2) is 0 Å². The molecule has 280 valence electrons. The van der Waals surface area contributed by atoms with Gasteiger partial charge in [-0.1, -0.05) is 18.6 Å². The van der Waals surface area contributed by atoms with Crippen molar-refractivity contribution in [1.82, 2.24) is 29.5 Å². The molecule has 6 aromatic rings. The van der Waals surface area contributed by atoms with Crippen molar-refractivity contribution in [3.63, 3.8) is 0 Å². The molecule has 55 heavy (non-hydrogen) atoms. The van der Waals surface area contributed by atoms with E-state index in [1.807, 2.05) is 0 Å². The highest BCUT2D eigenvalue weighted by Crippen LogP contribution is 2.39. The van der Waals surface area contributed by atoms with E-state index in [9.17, 15) is 49.2 Å². The van der Waals surface area contributed by atoms with E-state index < -0.39 is 54.1 Å². The van der Waals surface area contributed by atoms with Gasteiger partial charge in [-0.05, 0) is 84.9 Å². The number of hydrogen-bond donors (Lipinski definition) is 0. The molecule has 0 N–H and O–H groups in total. The number of nitro benzene ring substituents is 4. The molecule has 0 saturated heterocycles. The van der Waals surface area contributed by atoms with Gasteiger partial charge in [0, 0.05) is 25.0 Å². The summed E-state index contributed by atoms with van der Waals surface area (Å²) in [6, 6.07) is 17.7. The largest absolute Gasteiger partial charge is 0.290 e. The topological polar surface area (TPSA) is 234 Å². The molecule has 0 saturated carbocycles. The predicted octanol–water partition coefficient (Wildman–Crippen LogP) is 8.02. The van der Waals surface area contributed by atoms with E-state index in [-0.39, 0.29) is 20.1 Å². The first-order valence-electron chi connectivity index (χ1n) is 16.0. The zero-order valence-corrected chi connectivity index (χ0v) is 29.6. The Hall–Kier alpha value is -6.68. The minimum atomic E-state index is -0.742. The van der Waals surface area contributed by atoms with Crippen LogP contribution in [0.2, 0.25) is 0 Å². The highest BCUT2D eigenvalue weighted by Gasteiger charge is 2.26. The number of unbranched alkanes of at least 4 members (excludes halogenated alkanes) is 2. The Labute approximate surface area is 315 Å². The summed E-state index contributed by atoms with van der Waals surface area (Å²) in [5.74, 6) is -0.247. The third kappa shape index (κ3) is 8.76. The number of halogens is 2. The van der Waals surface area contributed by atoms with Crippen LogP contribution >= 0.6 is 23.5 Å². The lowest BCUT2D eigenvalue weighted by molar-refractivity contribution is -0.396. The fourth-order valence-corrected chi connectivity index (χ4v) is 7.35. The second kappa shape index (κ2) is 16.6. The SMILES string of the molecule is O=[N+]([O-])c1ccc(Sc2nnc(CCCCCc3nnc(Sc4ccc([N+](=O)[O-])cc4[N+](=O)[O-])n3-c3cccc(F)c3)n2-c2cccc(F)c2)c([N+](=O)[O-])c1. The fraction of sp³-hybridized carbons (Fsp3) is 0.152. The fourth-order valence-electron chi connectivity index (χ4n) is 5.44. The summed E-state index contributed by atoms with van der Waals surface area (Å²) >= 11 is 1.70. The Bertz CT molecular complexity index is 2300. The van der Waals surface area contributed by atoms with Gasteiger partial charge in [-0.3, -0.25) is 49.6 Å². The average molecular weight is 791 g/mol. The van der Waals surface area contributed by atoms with Gasteiger partial charge in [0.25, 0.3) is 22.7 Å². The Balaban J connectivity index is 1.21. The van der Waals surface area contributed by atoms with Crippen LogP contribution in [0.25, 0.3) is 11.4 Å². The quantitative estimate of drug-likeness (QED) is 0.0513. The van der Waals surface area contributed by atoms with E-state index in [4.69, 9.17) is 0 Å². The third-order valence-corrected chi connectivity index (χ3v) is 9.96. The van der Waals surface area contributed by atoms with Crippen molar-refractivity contribution in [3.8, 4) is 11.4 Å². The van der Waals surface area contributed by atoms with Gasteiger partial charge in [-0.2, -0.15) is 0 Å². The smallest absolute Gasteiger partial charge is 0.274 e. The van der Waals surface area contributed by atoms with Crippen molar-refractivity contribution >= 4 is 46.3 Å². The van der Waals surface area contributed by atoms with Crippen molar-refractivity contribution < 1.29 is 28.5 Å². The molecule has 22 heteroatoms. The van der Waals surface area contributed by atoms with Crippen LogP contribution in [0.3, 0.4) is 0 Å². The molecule has 0 spiro atoms. The molecule has 18 nitrogen and oxygen atoms in total. The van der Waals surface area contributed by atoms with Crippen LogP contribution in [-0.4, -0.2) is 49.2 Å². The van der Waals surface area contributed by atoms with Gasteiger partial charge in [-0.15, -0.1) is 20.4 Å². The maximum atomic E-state index is 14.4. The van der Waals surface area contributed by atoms with E-state index in [1.165, 1.54) is 48.5 Å². The first-order valence-corrected chi connectivity index (χ1v) is 17.6. The number of hydrogen-bond acceptors (Lipinski definition) is 14. The molecule has 0 aliphatic rings. The average Bonchev–Trinajstić information content (AvgIpc) is 3.74. The molecule has 0 amide bonds. The van der Waals surface area contributed by atoms with E-state index in [2.05, 4.69) is 20.4 Å². The van der Waals surface area contributed by atoms with Crippen molar-refractivity contribution in [2.24, 2.45) is 0 Å². The molecule has 0 fully saturated rings. The molecule has 0 bridgehead atoms. The number of aromatic nitrogens is 6. The first-order chi connectivity index (χ1) is 26.4. The van der Waals surface area contributed by atoms with E-state index in [0.717, 1.165) is 47.8 Å². The minimum Gasteiger partial charge on any atom is -0.274 e. The number of benzene rings is 4. The van der Waals surface area contributed by atoms with Gasteiger partial charge in [-0.25, -0.2) is 8.78 Å². The number of non-ortho nitro benzene ring substituents is 2. The van der Waals surface area contributed by atoms with Crippen LogP contribution in [0.5, 0.6) is 0 Å². The van der Waals surface area contributed by atoms with Crippen molar-refractivity contribution in [2.75, 3.05) is 0 Å². The monoisotopic (exact) mass is 790 g/mol.